The molecule has 0 aromatic heterocycles. The van der Waals surface area contributed by atoms with Crippen molar-refractivity contribution in [2.45, 2.75) is 19.3 Å². The van der Waals surface area contributed by atoms with Gasteiger partial charge in [-0.1, -0.05) is 38.1 Å². The molecule has 0 saturated heterocycles. The fourth-order valence-corrected chi connectivity index (χ4v) is 5.24. The van der Waals surface area contributed by atoms with Crippen molar-refractivity contribution in [3.63, 3.8) is 0 Å². The third kappa shape index (κ3) is 3.00. The highest BCUT2D eigenvalue weighted by Gasteiger charge is 2.37. The molecule has 1 aliphatic rings. The minimum Gasteiger partial charge on any atom is -0.507 e. The van der Waals surface area contributed by atoms with E-state index in [1.165, 1.54) is 11.1 Å². The molecule has 0 heterocycles. The van der Waals surface area contributed by atoms with E-state index in [1.807, 2.05) is 24.3 Å². The molecule has 4 aromatic carbocycles. The van der Waals surface area contributed by atoms with Crippen molar-refractivity contribution in [3.8, 4) is 51.0 Å². The van der Waals surface area contributed by atoms with Crippen LogP contribution in [0.15, 0.2) is 54.6 Å². The zero-order valence-electron chi connectivity index (χ0n) is 20.3. The van der Waals surface area contributed by atoms with Crippen molar-refractivity contribution in [3.05, 3.63) is 65.7 Å². The van der Waals surface area contributed by atoms with Gasteiger partial charge in [-0.05, 0) is 63.5 Å². The largest absolute Gasteiger partial charge is 0.507 e. The molecule has 0 amide bonds. The van der Waals surface area contributed by atoms with Gasteiger partial charge in [-0.25, -0.2) is 0 Å². The first-order valence-corrected chi connectivity index (χ1v) is 11.1. The number of benzene rings is 4. The summed E-state index contributed by atoms with van der Waals surface area (Å²) in [5, 5.41) is 12.8. The maximum Gasteiger partial charge on any atom is 0.203 e. The second-order valence-electron chi connectivity index (χ2n) is 9.00. The lowest BCUT2D eigenvalue weighted by Gasteiger charge is -2.22. The average Bonchev–Trinajstić information content (AvgIpc) is 3.09. The number of hydrogen-bond donors (Lipinski definition) is 1. The Labute approximate surface area is 199 Å². The molecular weight excluding hydrogens is 428 g/mol. The van der Waals surface area contributed by atoms with E-state index < -0.39 is 0 Å². The number of rotatable bonds is 5. The van der Waals surface area contributed by atoms with Crippen molar-refractivity contribution in [1.82, 2.24) is 0 Å². The molecule has 0 aliphatic heterocycles. The molecule has 5 rings (SSSR count). The first kappa shape index (κ1) is 22.0. The van der Waals surface area contributed by atoms with Gasteiger partial charge in [0.25, 0.3) is 0 Å². The van der Waals surface area contributed by atoms with E-state index in [0.717, 1.165) is 33.0 Å². The standard InChI is InChI=1S/C29H28O5/c1-29(2)21-10-8-7-9-17(21)27-20-13-18(24(31-3)14-19(20)23(30)15-22(27)29)16-11-25(32-4)28(34-6)26(12-16)33-5/h7-15,30H,1-6H3. The average molecular weight is 457 g/mol. The molecule has 0 unspecified atom stereocenters. The van der Waals surface area contributed by atoms with Gasteiger partial charge in [-0.3, -0.25) is 0 Å². The molecule has 0 bridgehead atoms. The van der Waals surface area contributed by atoms with Gasteiger partial charge in [0, 0.05) is 16.4 Å². The summed E-state index contributed by atoms with van der Waals surface area (Å²) in [5.41, 5.74) is 6.20. The predicted octanol–water partition coefficient (Wildman–Crippen LogP) is 6.55. The predicted molar refractivity (Wildman–Crippen MR) is 135 cm³/mol. The first-order chi connectivity index (χ1) is 16.3. The molecular formula is C29H28O5. The number of aromatic hydroxyl groups is 1. The molecule has 0 radical (unpaired) electrons. The Balaban J connectivity index is 1.87. The number of fused-ring (bicyclic) bond motifs is 5. The zero-order chi connectivity index (χ0) is 24.2. The van der Waals surface area contributed by atoms with Gasteiger partial charge in [0.05, 0.1) is 28.4 Å². The van der Waals surface area contributed by atoms with Gasteiger partial charge in [-0.15, -0.1) is 0 Å². The SMILES string of the molecule is COc1cc2c(O)cc3c(c2cc1-c1cc(OC)c(OC)c(OC)c1)-c1ccccc1C3(C)C. The smallest absolute Gasteiger partial charge is 0.203 e. The minimum atomic E-state index is -0.218. The fraction of sp³-hybridized carbons (Fsp3) is 0.241. The molecule has 0 fully saturated rings. The summed E-state index contributed by atoms with van der Waals surface area (Å²) in [4.78, 5) is 0. The lowest BCUT2D eigenvalue weighted by molar-refractivity contribution is 0.324. The van der Waals surface area contributed by atoms with E-state index in [-0.39, 0.29) is 11.2 Å². The van der Waals surface area contributed by atoms with Gasteiger partial charge in [0.1, 0.15) is 11.5 Å². The molecule has 0 saturated carbocycles. The van der Waals surface area contributed by atoms with Crippen LogP contribution < -0.4 is 18.9 Å². The van der Waals surface area contributed by atoms with E-state index in [0.29, 0.717) is 23.0 Å². The lowest BCUT2D eigenvalue weighted by Crippen LogP contribution is -2.14. The number of phenolic OH excluding ortho intramolecular Hbond substituents is 1. The summed E-state index contributed by atoms with van der Waals surface area (Å²) >= 11 is 0. The van der Waals surface area contributed by atoms with Crippen molar-refractivity contribution < 1.29 is 24.1 Å². The van der Waals surface area contributed by atoms with Crippen LogP contribution in [0.4, 0.5) is 0 Å². The summed E-state index contributed by atoms with van der Waals surface area (Å²) in [6, 6.07) is 18.2. The van der Waals surface area contributed by atoms with Crippen LogP contribution in [0.25, 0.3) is 33.0 Å². The third-order valence-corrected chi connectivity index (χ3v) is 6.95. The van der Waals surface area contributed by atoms with E-state index in [4.69, 9.17) is 18.9 Å². The van der Waals surface area contributed by atoms with Gasteiger partial charge >= 0.3 is 0 Å². The van der Waals surface area contributed by atoms with Gasteiger partial charge in [0.15, 0.2) is 11.5 Å². The highest BCUT2D eigenvalue weighted by atomic mass is 16.5. The molecule has 1 N–H and O–H groups in total. The molecule has 5 heteroatoms. The normalized spacial score (nSPS) is 13.4. The Morgan fingerprint density at radius 3 is 1.91 bits per heavy atom. The number of phenols is 1. The van der Waals surface area contributed by atoms with Gasteiger partial charge in [0.2, 0.25) is 5.75 Å². The van der Waals surface area contributed by atoms with Crippen LogP contribution in [0.5, 0.6) is 28.7 Å². The second kappa shape index (κ2) is 7.87. The van der Waals surface area contributed by atoms with Crippen molar-refractivity contribution in [1.29, 1.82) is 0 Å². The Bertz CT molecular complexity index is 1410. The Kier molecular flexibility index (Phi) is 5.08. The fourth-order valence-electron chi connectivity index (χ4n) is 5.24. The van der Waals surface area contributed by atoms with Crippen molar-refractivity contribution in [2.24, 2.45) is 0 Å². The summed E-state index contributed by atoms with van der Waals surface area (Å²) in [6.45, 7) is 4.40. The van der Waals surface area contributed by atoms with E-state index in [2.05, 4.69) is 44.2 Å². The molecule has 4 aromatic rings. The number of hydrogen-bond acceptors (Lipinski definition) is 5. The quantitative estimate of drug-likeness (QED) is 0.369. The van der Waals surface area contributed by atoms with Crippen LogP contribution in [-0.4, -0.2) is 33.5 Å². The molecule has 1 aliphatic carbocycles. The summed E-state index contributed by atoms with van der Waals surface area (Å²) < 4.78 is 22.4. The van der Waals surface area contributed by atoms with E-state index in [9.17, 15) is 5.11 Å². The lowest BCUT2D eigenvalue weighted by atomic mass is 9.81. The van der Waals surface area contributed by atoms with Gasteiger partial charge < -0.3 is 24.1 Å². The molecule has 5 nitrogen and oxygen atoms in total. The monoisotopic (exact) mass is 456 g/mol. The molecule has 174 valence electrons. The number of methoxy groups -OCH3 is 4. The summed E-state index contributed by atoms with van der Waals surface area (Å²) in [5.74, 6) is 2.54. The van der Waals surface area contributed by atoms with Crippen LogP contribution >= 0.6 is 0 Å². The van der Waals surface area contributed by atoms with Crippen LogP contribution in [0.1, 0.15) is 25.0 Å². The Hall–Kier alpha value is -3.86. The Morgan fingerprint density at radius 1 is 0.647 bits per heavy atom. The summed E-state index contributed by atoms with van der Waals surface area (Å²) in [7, 11) is 6.42. The second-order valence-corrected chi connectivity index (χ2v) is 9.00. The third-order valence-electron chi connectivity index (χ3n) is 6.95. The van der Waals surface area contributed by atoms with E-state index in [1.54, 1.807) is 28.4 Å². The number of ether oxygens (including phenoxy) is 4. The Morgan fingerprint density at radius 2 is 1.29 bits per heavy atom. The van der Waals surface area contributed by atoms with Crippen molar-refractivity contribution >= 4 is 10.8 Å². The van der Waals surface area contributed by atoms with E-state index >= 15 is 0 Å². The maximum atomic E-state index is 11.0. The van der Waals surface area contributed by atoms with Crippen LogP contribution in [-0.2, 0) is 5.41 Å². The minimum absolute atomic E-state index is 0.218. The molecule has 0 atom stereocenters. The van der Waals surface area contributed by atoms with Crippen LogP contribution in [0, 0.1) is 0 Å². The topological polar surface area (TPSA) is 57.2 Å². The molecule has 34 heavy (non-hydrogen) atoms. The van der Waals surface area contributed by atoms with Gasteiger partial charge in [-0.2, -0.15) is 0 Å². The first-order valence-electron chi connectivity index (χ1n) is 11.1. The highest BCUT2D eigenvalue weighted by Crippen LogP contribution is 2.54. The highest BCUT2D eigenvalue weighted by molar-refractivity contribution is 6.07. The van der Waals surface area contributed by atoms with Crippen LogP contribution in [0.2, 0.25) is 0 Å². The van der Waals surface area contributed by atoms with Crippen LogP contribution in [0.3, 0.4) is 0 Å². The summed E-state index contributed by atoms with van der Waals surface area (Å²) in [6.07, 6.45) is 0. The molecule has 0 spiro atoms. The maximum absolute atomic E-state index is 11.0. The van der Waals surface area contributed by atoms with Crippen molar-refractivity contribution in [2.75, 3.05) is 28.4 Å². The zero-order valence-corrected chi connectivity index (χ0v) is 20.3.